The summed E-state index contributed by atoms with van der Waals surface area (Å²) in [6.07, 6.45) is 0.932. The van der Waals surface area contributed by atoms with Crippen LogP contribution in [0.1, 0.15) is 27.2 Å². The van der Waals surface area contributed by atoms with Crippen molar-refractivity contribution in [3.63, 3.8) is 0 Å². The zero-order valence-electron chi connectivity index (χ0n) is 8.63. The van der Waals surface area contributed by atoms with Gasteiger partial charge in [0.05, 0.1) is 0 Å². The van der Waals surface area contributed by atoms with Gasteiger partial charge in [0.25, 0.3) is 0 Å². The van der Waals surface area contributed by atoms with E-state index in [-0.39, 0.29) is 11.9 Å². The zero-order chi connectivity index (χ0) is 10.0. The van der Waals surface area contributed by atoms with E-state index in [4.69, 9.17) is 5.73 Å². The van der Waals surface area contributed by atoms with E-state index in [9.17, 15) is 4.79 Å². The fourth-order valence-electron chi connectivity index (χ4n) is 1.42. The molecule has 1 heterocycles. The van der Waals surface area contributed by atoms with Crippen molar-refractivity contribution in [1.82, 2.24) is 4.90 Å². The van der Waals surface area contributed by atoms with E-state index in [1.54, 1.807) is 0 Å². The molecule has 3 nitrogen and oxygen atoms in total. The second-order valence-corrected chi connectivity index (χ2v) is 3.92. The quantitative estimate of drug-likeness (QED) is 0.612. The average molecular weight is 182 g/mol. The van der Waals surface area contributed by atoms with Crippen LogP contribution in [-0.2, 0) is 4.79 Å². The maximum atomic E-state index is 11.7. The van der Waals surface area contributed by atoms with Gasteiger partial charge in [0, 0.05) is 24.7 Å². The molecular weight excluding hydrogens is 164 g/mol. The lowest BCUT2D eigenvalue weighted by atomic mass is 10.1. The molecule has 0 aromatic carbocycles. The number of allylic oxidation sites excluding steroid dienone is 1. The predicted molar refractivity (Wildman–Crippen MR) is 53.2 cm³/mol. The number of carbonyl (C=O) groups is 1. The van der Waals surface area contributed by atoms with Crippen molar-refractivity contribution in [3.05, 3.63) is 11.1 Å². The highest BCUT2D eigenvalue weighted by atomic mass is 16.2. The predicted octanol–water partition coefficient (Wildman–Crippen LogP) is 0.902. The SMILES string of the molecule is CC(C)=C(C)C(=O)N1CC[C@H](N)C1. The molecule has 0 radical (unpaired) electrons. The molecule has 0 spiro atoms. The first-order valence-electron chi connectivity index (χ1n) is 4.71. The van der Waals surface area contributed by atoms with Crippen molar-refractivity contribution in [3.8, 4) is 0 Å². The van der Waals surface area contributed by atoms with Crippen LogP contribution < -0.4 is 5.73 Å². The molecule has 1 rings (SSSR count). The van der Waals surface area contributed by atoms with Gasteiger partial charge < -0.3 is 10.6 Å². The van der Waals surface area contributed by atoms with Crippen LogP contribution in [0.5, 0.6) is 0 Å². The minimum Gasteiger partial charge on any atom is -0.337 e. The zero-order valence-corrected chi connectivity index (χ0v) is 8.63. The van der Waals surface area contributed by atoms with Crippen LogP contribution in [0.2, 0.25) is 0 Å². The second-order valence-electron chi connectivity index (χ2n) is 3.92. The normalized spacial score (nSPS) is 21.8. The smallest absolute Gasteiger partial charge is 0.249 e. The molecule has 1 aliphatic rings. The van der Waals surface area contributed by atoms with Crippen molar-refractivity contribution < 1.29 is 4.79 Å². The van der Waals surface area contributed by atoms with E-state index in [0.717, 1.165) is 24.1 Å². The van der Waals surface area contributed by atoms with E-state index >= 15 is 0 Å². The van der Waals surface area contributed by atoms with Gasteiger partial charge in [-0.1, -0.05) is 5.57 Å². The van der Waals surface area contributed by atoms with Crippen molar-refractivity contribution in [2.24, 2.45) is 5.73 Å². The maximum absolute atomic E-state index is 11.7. The minimum atomic E-state index is 0.146. The highest BCUT2D eigenvalue weighted by Crippen LogP contribution is 2.13. The Morgan fingerprint density at radius 1 is 1.38 bits per heavy atom. The third-order valence-corrected chi connectivity index (χ3v) is 2.58. The van der Waals surface area contributed by atoms with Crippen molar-refractivity contribution in [2.45, 2.75) is 33.2 Å². The molecule has 1 fully saturated rings. The third kappa shape index (κ3) is 2.31. The van der Waals surface area contributed by atoms with Crippen LogP contribution in [0, 0.1) is 0 Å². The Labute approximate surface area is 79.6 Å². The van der Waals surface area contributed by atoms with Gasteiger partial charge >= 0.3 is 0 Å². The topological polar surface area (TPSA) is 46.3 Å². The van der Waals surface area contributed by atoms with Crippen molar-refractivity contribution in [2.75, 3.05) is 13.1 Å². The van der Waals surface area contributed by atoms with Crippen LogP contribution in [0.25, 0.3) is 0 Å². The molecule has 3 heteroatoms. The first kappa shape index (κ1) is 10.3. The molecular formula is C10H18N2O. The molecule has 0 unspecified atom stereocenters. The molecule has 74 valence electrons. The Morgan fingerprint density at radius 3 is 2.38 bits per heavy atom. The van der Waals surface area contributed by atoms with Crippen LogP contribution in [0.15, 0.2) is 11.1 Å². The van der Waals surface area contributed by atoms with Crippen LogP contribution in [0.3, 0.4) is 0 Å². The highest BCUT2D eigenvalue weighted by molar-refractivity contribution is 5.93. The number of hydrogen-bond acceptors (Lipinski definition) is 2. The molecule has 0 aromatic heterocycles. The molecule has 1 aliphatic heterocycles. The summed E-state index contributed by atoms with van der Waals surface area (Å²) >= 11 is 0. The van der Waals surface area contributed by atoms with Crippen LogP contribution in [0.4, 0.5) is 0 Å². The monoisotopic (exact) mass is 182 g/mol. The number of nitrogens with zero attached hydrogens (tertiary/aromatic N) is 1. The molecule has 0 bridgehead atoms. The lowest BCUT2D eigenvalue weighted by Crippen LogP contribution is -2.32. The first-order chi connectivity index (χ1) is 6.02. The highest BCUT2D eigenvalue weighted by Gasteiger charge is 2.24. The van der Waals surface area contributed by atoms with Gasteiger partial charge in [0.15, 0.2) is 0 Å². The molecule has 1 atom stereocenters. The van der Waals surface area contributed by atoms with Crippen LogP contribution >= 0.6 is 0 Å². The van der Waals surface area contributed by atoms with Gasteiger partial charge in [0.1, 0.15) is 0 Å². The van der Waals surface area contributed by atoms with Gasteiger partial charge in [-0.25, -0.2) is 0 Å². The summed E-state index contributed by atoms with van der Waals surface area (Å²) in [6, 6.07) is 0.175. The fourth-order valence-corrected chi connectivity index (χ4v) is 1.42. The number of amides is 1. The van der Waals surface area contributed by atoms with Gasteiger partial charge in [0.2, 0.25) is 5.91 Å². The Bertz CT molecular complexity index is 241. The molecule has 2 N–H and O–H groups in total. The summed E-state index contributed by atoms with van der Waals surface area (Å²) in [4.78, 5) is 13.6. The van der Waals surface area contributed by atoms with E-state index in [0.29, 0.717) is 6.54 Å². The summed E-state index contributed by atoms with van der Waals surface area (Å²) in [5.41, 5.74) is 7.67. The lowest BCUT2D eigenvalue weighted by molar-refractivity contribution is -0.126. The summed E-state index contributed by atoms with van der Waals surface area (Å²) in [5, 5.41) is 0. The van der Waals surface area contributed by atoms with Crippen LogP contribution in [-0.4, -0.2) is 29.9 Å². The number of likely N-dealkylation sites (tertiary alicyclic amines) is 1. The molecule has 1 saturated heterocycles. The molecule has 13 heavy (non-hydrogen) atoms. The van der Waals surface area contributed by atoms with E-state index in [1.165, 1.54) is 0 Å². The molecule has 0 aliphatic carbocycles. The Kier molecular flexibility index (Phi) is 3.09. The number of rotatable bonds is 1. The summed E-state index contributed by atoms with van der Waals surface area (Å²) in [6.45, 7) is 7.32. The molecule has 0 saturated carbocycles. The van der Waals surface area contributed by atoms with Gasteiger partial charge in [-0.2, -0.15) is 0 Å². The number of nitrogens with two attached hydrogens (primary N) is 1. The standard InChI is InChI=1S/C10H18N2O/c1-7(2)8(3)10(13)12-5-4-9(11)6-12/h9H,4-6,11H2,1-3H3/t9-/m0/s1. The fraction of sp³-hybridized carbons (Fsp3) is 0.700. The minimum absolute atomic E-state index is 0.146. The average Bonchev–Trinajstić information content (AvgIpc) is 2.49. The third-order valence-electron chi connectivity index (χ3n) is 2.58. The largest absolute Gasteiger partial charge is 0.337 e. The van der Waals surface area contributed by atoms with E-state index in [2.05, 4.69) is 0 Å². The number of carbonyl (C=O) groups excluding carboxylic acids is 1. The van der Waals surface area contributed by atoms with Crippen molar-refractivity contribution in [1.29, 1.82) is 0 Å². The Hall–Kier alpha value is -0.830. The van der Waals surface area contributed by atoms with Crippen molar-refractivity contribution >= 4 is 5.91 Å². The molecule has 1 amide bonds. The summed E-state index contributed by atoms with van der Waals surface area (Å²) in [5.74, 6) is 0.146. The van der Waals surface area contributed by atoms with E-state index < -0.39 is 0 Å². The van der Waals surface area contributed by atoms with Gasteiger partial charge in [-0.05, 0) is 27.2 Å². The number of hydrogen-bond donors (Lipinski definition) is 1. The second kappa shape index (κ2) is 3.92. The summed E-state index contributed by atoms with van der Waals surface area (Å²) in [7, 11) is 0. The lowest BCUT2D eigenvalue weighted by Gasteiger charge is -2.16. The first-order valence-corrected chi connectivity index (χ1v) is 4.71. The van der Waals surface area contributed by atoms with E-state index in [1.807, 2.05) is 25.7 Å². The van der Waals surface area contributed by atoms with Gasteiger partial charge in [-0.3, -0.25) is 4.79 Å². The Balaban J connectivity index is 2.64. The Morgan fingerprint density at radius 2 is 2.00 bits per heavy atom. The summed E-state index contributed by atoms with van der Waals surface area (Å²) < 4.78 is 0. The molecule has 0 aromatic rings. The van der Waals surface area contributed by atoms with Gasteiger partial charge in [-0.15, -0.1) is 0 Å². The maximum Gasteiger partial charge on any atom is 0.249 e.